The van der Waals surface area contributed by atoms with E-state index in [-0.39, 0.29) is 22.4 Å². The van der Waals surface area contributed by atoms with Gasteiger partial charge in [0.2, 0.25) is 0 Å². The standard InChI is InChI=1S/C18H18FN5O2S/c1-9-12(8-13(24(9)3)10-4-6-11(19)7-5-10)16(26)23-17-14(15(20)25)22-18(21-2)27-17/h4-8H,1-3H3,(H2,20,25)(H,21,22)(H,23,26). The molecule has 0 unspecified atom stereocenters. The van der Waals surface area contributed by atoms with Crippen LogP contribution in [-0.2, 0) is 7.05 Å². The Morgan fingerprint density at radius 1 is 1.26 bits per heavy atom. The average molecular weight is 387 g/mol. The molecule has 2 heterocycles. The highest BCUT2D eigenvalue weighted by atomic mass is 32.1. The zero-order valence-electron chi connectivity index (χ0n) is 15.0. The summed E-state index contributed by atoms with van der Waals surface area (Å²) in [5.74, 6) is -1.43. The highest BCUT2D eigenvalue weighted by Crippen LogP contribution is 2.30. The number of benzene rings is 1. The summed E-state index contributed by atoms with van der Waals surface area (Å²) < 4.78 is 15.0. The molecule has 4 N–H and O–H groups in total. The molecule has 0 fully saturated rings. The predicted octanol–water partition coefficient (Wildman–Crippen LogP) is 2.99. The van der Waals surface area contributed by atoms with E-state index in [4.69, 9.17) is 5.73 Å². The van der Waals surface area contributed by atoms with Gasteiger partial charge in [0.05, 0.1) is 5.56 Å². The molecule has 0 aliphatic heterocycles. The zero-order chi connectivity index (χ0) is 19.7. The van der Waals surface area contributed by atoms with E-state index in [9.17, 15) is 14.0 Å². The number of halogens is 1. The molecule has 0 bridgehead atoms. The van der Waals surface area contributed by atoms with E-state index in [0.717, 1.165) is 28.3 Å². The number of thiazole rings is 1. The monoisotopic (exact) mass is 387 g/mol. The maximum atomic E-state index is 13.2. The molecule has 0 saturated carbocycles. The second-order valence-electron chi connectivity index (χ2n) is 5.86. The SMILES string of the molecule is CNc1nc(C(N)=O)c(NC(=O)c2cc(-c3ccc(F)cc3)n(C)c2C)s1. The number of hydrogen-bond acceptors (Lipinski definition) is 5. The largest absolute Gasteiger partial charge is 0.365 e. The molecule has 0 atom stereocenters. The van der Waals surface area contributed by atoms with Crippen LogP contribution in [0.3, 0.4) is 0 Å². The summed E-state index contributed by atoms with van der Waals surface area (Å²) in [7, 11) is 3.48. The number of aromatic nitrogens is 2. The Hall–Kier alpha value is -3.20. The van der Waals surface area contributed by atoms with Crippen molar-refractivity contribution in [2.24, 2.45) is 12.8 Å². The molecule has 0 saturated heterocycles. The second kappa shape index (κ2) is 7.20. The second-order valence-corrected chi connectivity index (χ2v) is 6.86. The van der Waals surface area contributed by atoms with Gasteiger partial charge in [-0.3, -0.25) is 9.59 Å². The molecule has 2 amide bonds. The van der Waals surface area contributed by atoms with E-state index >= 15 is 0 Å². The molecule has 0 radical (unpaired) electrons. The van der Waals surface area contributed by atoms with Crippen molar-refractivity contribution < 1.29 is 14.0 Å². The van der Waals surface area contributed by atoms with Crippen LogP contribution in [0.1, 0.15) is 26.5 Å². The lowest BCUT2D eigenvalue weighted by molar-refractivity contribution is 0.0997. The van der Waals surface area contributed by atoms with Gasteiger partial charge in [-0.25, -0.2) is 9.37 Å². The number of carbonyl (C=O) groups excluding carboxylic acids is 2. The minimum atomic E-state index is -0.722. The smallest absolute Gasteiger partial charge is 0.270 e. The lowest BCUT2D eigenvalue weighted by Gasteiger charge is -2.05. The van der Waals surface area contributed by atoms with Gasteiger partial charge in [-0.1, -0.05) is 11.3 Å². The van der Waals surface area contributed by atoms with E-state index in [2.05, 4.69) is 15.6 Å². The van der Waals surface area contributed by atoms with Gasteiger partial charge in [-0.2, -0.15) is 0 Å². The molecule has 3 aromatic rings. The summed E-state index contributed by atoms with van der Waals surface area (Å²) in [6.07, 6.45) is 0. The predicted molar refractivity (Wildman–Crippen MR) is 104 cm³/mol. The number of nitrogens with one attached hydrogen (secondary N) is 2. The lowest BCUT2D eigenvalue weighted by atomic mass is 10.1. The van der Waals surface area contributed by atoms with Crippen LogP contribution in [0.2, 0.25) is 0 Å². The number of primary amides is 1. The molecule has 7 nitrogen and oxygen atoms in total. The van der Waals surface area contributed by atoms with Crippen molar-refractivity contribution in [1.82, 2.24) is 9.55 Å². The molecule has 27 heavy (non-hydrogen) atoms. The molecule has 140 valence electrons. The topological polar surface area (TPSA) is 102 Å². The van der Waals surface area contributed by atoms with Gasteiger partial charge in [0.1, 0.15) is 10.8 Å². The van der Waals surface area contributed by atoms with Crippen molar-refractivity contribution in [3.8, 4) is 11.3 Å². The van der Waals surface area contributed by atoms with Crippen molar-refractivity contribution in [3.05, 3.63) is 53.1 Å². The maximum absolute atomic E-state index is 13.2. The van der Waals surface area contributed by atoms with Crippen LogP contribution in [0, 0.1) is 12.7 Å². The minimum Gasteiger partial charge on any atom is -0.365 e. The zero-order valence-corrected chi connectivity index (χ0v) is 15.8. The van der Waals surface area contributed by atoms with Gasteiger partial charge in [0.15, 0.2) is 10.8 Å². The Morgan fingerprint density at radius 2 is 1.93 bits per heavy atom. The Bertz CT molecular complexity index is 1020. The minimum absolute atomic E-state index is 0.00467. The number of nitrogens with two attached hydrogens (primary N) is 1. The van der Waals surface area contributed by atoms with E-state index < -0.39 is 5.91 Å². The molecule has 2 aromatic heterocycles. The van der Waals surface area contributed by atoms with Crippen molar-refractivity contribution in [3.63, 3.8) is 0 Å². The van der Waals surface area contributed by atoms with Crippen LogP contribution in [0.25, 0.3) is 11.3 Å². The Balaban J connectivity index is 1.94. The van der Waals surface area contributed by atoms with Gasteiger partial charge < -0.3 is 20.9 Å². The molecular weight excluding hydrogens is 369 g/mol. The Kier molecular flexibility index (Phi) is 4.95. The molecule has 0 spiro atoms. The average Bonchev–Trinajstić information content (AvgIpc) is 3.18. The van der Waals surface area contributed by atoms with Crippen molar-refractivity contribution in [2.75, 3.05) is 17.7 Å². The highest BCUT2D eigenvalue weighted by Gasteiger charge is 2.21. The molecule has 0 aliphatic carbocycles. The van der Waals surface area contributed by atoms with E-state index in [1.807, 2.05) is 18.5 Å². The maximum Gasteiger partial charge on any atom is 0.270 e. The first-order chi connectivity index (χ1) is 12.8. The van der Waals surface area contributed by atoms with Crippen LogP contribution in [0.15, 0.2) is 30.3 Å². The Morgan fingerprint density at radius 3 is 2.52 bits per heavy atom. The first-order valence-electron chi connectivity index (χ1n) is 8.03. The highest BCUT2D eigenvalue weighted by molar-refractivity contribution is 7.20. The van der Waals surface area contributed by atoms with Crippen LogP contribution in [0.5, 0.6) is 0 Å². The van der Waals surface area contributed by atoms with Gasteiger partial charge >= 0.3 is 0 Å². The number of anilines is 2. The normalized spacial score (nSPS) is 10.7. The fourth-order valence-electron chi connectivity index (χ4n) is 2.68. The third-order valence-electron chi connectivity index (χ3n) is 4.22. The molecule has 9 heteroatoms. The quantitative estimate of drug-likeness (QED) is 0.626. The van der Waals surface area contributed by atoms with Crippen LogP contribution in [-0.4, -0.2) is 28.4 Å². The van der Waals surface area contributed by atoms with Gasteiger partial charge in [0.25, 0.3) is 11.8 Å². The van der Waals surface area contributed by atoms with Gasteiger partial charge in [-0.15, -0.1) is 0 Å². The lowest BCUT2D eigenvalue weighted by Crippen LogP contribution is -2.18. The summed E-state index contributed by atoms with van der Waals surface area (Å²) in [5, 5.41) is 6.28. The number of carbonyl (C=O) groups is 2. The fraction of sp³-hybridized carbons (Fsp3) is 0.167. The van der Waals surface area contributed by atoms with Crippen molar-refractivity contribution >= 4 is 33.3 Å². The molecule has 3 rings (SSSR count). The summed E-state index contributed by atoms with van der Waals surface area (Å²) in [5.41, 5.74) is 8.06. The number of rotatable bonds is 5. The first kappa shape index (κ1) is 18.6. The van der Waals surface area contributed by atoms with Crippen LogP contribution in [0.4, 0.5) is 14.5 Å². The first-order valence-corrected chi connectivity index (χ1v) is 8.85. The number of amides is 2. The molecule has 1 aromatic carbocycles. The van der Waals surface area contributed by atoms with Gasteiger partial charge in [-0.05, 0) is 42.8 Å². The summed E-state index contributed by atoms with van der Waals surface area (Å²) in [6.45, 7) is 1.81. The number of hydrogen-bond donors (Lipinski definition) is 3. The number of nitrogens with zero attached hydrogens (tertiary/aromatic N) is 2. The van der Waals surface area contributed by atoms with E-state index in [1.165, 1.54) is 12.1 Å². The Labute approximate surface area is 159 Å². The van der Waals surface area contributed by atoms with Crippen LogP contribution >= 0.6 is 11.3 Å². The third-order valence-corrected chi connectivity index (χ3v) is 5.21. The van der Waals surface area contributed by atoms with E-state index in [1.54, 1.807) is 25.2 Å². The van der Waals surface area contributed by atoms with Crippen molar-refractivity contribution in [1.29, 1.82) is 0 Å². The van der Waals surface area contributed by atoms with Crippen LogP contribution < -0.4 is 16.4 Å². The van der Waals surface area contributed by atoms with Gasteiger partial charge in [0, 0.05) is 25.5 Å². The summed E-state index contributed by atoms with van der Waals surface area (Å²) >= 11 is 1.12. The third kappa shape index (κ3) is 3.54. The van der Waals surface area contributed by atoms with E-state index in [0.29, 0.717) is 10.7 Å². The fourth-order valence-corrected chi connectivity index (χ4v) is 3.50. The van der Waals surface area contributed by atoms with Crippen molar-refractivity contribution in [2.45, 2.75) is 6.92 Å². The summed E-state index contributed by atoms with van der Waals surface area (Å²) in [6, 6.07) is 7.76. The molecule has 0 aliphatic rings. The molecular formula is C18H18FN5O2S. The summed E-state index contributed by atoms with van der Waals surface area (Å²) in [4.78, 5) is 28.4.